The van der Waals surface area contributed by atoms with E-state index in [4.69, 9.17) is 0 Å². The zero-order valence-electron chi connectivity index (χ0n) is 18.2. The van der Waals surface area contributed by atoms with Gasteiger partial charge in [-0.3, -0.25) is 14.5 Å². The maximum Gasteiger partial charge on any atom is 0.262 e. The minimum Gasteiger partial charge on any atom is -0.361 e. The Hall–Kier alpha value is -2.94. The Kier molecular flexibility index (Phi) is 6.57. The average Bonchev–Trinajstić information content (AvgIpc) is 3.59. The molecule has 2 amide bonds. The van der Waals surface area contributed by atoms with Crippen LogP contribution in [0.15, 0.2) is 59.4 Å². The maximum absolute atomic E-state index is 13.2. The van der Waals surface area contributed by atoms with Crippen LogP contribution >= 0.6 is 22.7 Å². The molecule has 3 aromatic heterocycles. The van der Waals surface area contributed by atoms with E-state index in [1.165, 1.54) is 21.8 Å². The highest BCUT2D eigenvalue weighted by Crippen LogP contribution is 2.23. The second kappa shape index (κ2) is 9.91. The fraction of sp³-hybridized carbons (Fsp3) is 0.280. The summed E-state index contributed by atoms with van der Waals surface area (Å²) < 4.78 is 0. The molecule has 8 heteroatoms. The summed E-state index contributed by atoms with van der Waals surface area (Å²) in [7, 11) is 0. The van der Waals surface area contributed by atoms with E-state index in [0.717, 1.165) is 42.5 Å². The van der Waals surface area contributed by atoms with Crippen molar-refractivity contribution in [2.75, 3.05) is 19.6 Å². The SMILES string of the molecule is O=C(NC(Cc1c[nH]c2ccccc12)C(=O)NCCN1CCc2sccc2C1)c1cccs1. The molecule has 5 rings (SSSR count). The number of para-hydroxylation sites is 1. The number of fused-ring (bicyclic) bond motifs is 2. The predicted octanol–water partition coefficient (Wildman–Crippen LogP) is 3.81. The Morgan fingerprint density at radius 1 is 1.09 bits per heavy atom. The monoisotopic (exact) mass is 478 g/mol. The molecular formula is C25H26N4O2S2. The van der Waals surface area contributed by atoms with Crippen molar-refractivity contribution in [1.29, 1.82) is 0 Å². The first-order chi connectivity index (χ1) is 16.2. The van der Waals surface area contributed by atoms with Gasteiger partial charge in [0.2, 0.25) is 5.91 Å². The minimum absolute atomic E-state index is 0.154. The number of hydrogen-bond donors (Lipinski definition) is 3. The molecule has 0 radical (unpaired) electrons. The Bertz CT molecular complexity index is 1240. The Balaban J connectivity index is 1.24. The van der Waals surface area contributed by atoms with Gasteiger partial charge >= 0.3 is 0 Å². The van der Waals surface area contributed by atoms with Crippen molar-refractivity contribution in [3.63, 3.8) is 0 Å². The standard InChI is InChI=1S/C25H26N4O2S2/c30-24(26-9-11-29-10-7-22-17(16-29)8-13-33-22)21(28-25(31)23-6-3-12-32-23)14-18-15-27-20-5-2-1-4-19(18)20/h1-6,8,12-13,15,21,27H,7,9-11,14,16H2,(H,26,30)(H,28,31). The summed E-state index contributed by atoms with van der Waals surface area (Å²) in [6.45, 7) is 3.29. The van der Waals surface area contributed by atoms with E-state index in [0.29, 0.717) is 17.8 Å². The lowest BCUT2D eigenvalue weighted by Gasteiger charge is -2.27. The number of aromatic amines is 1. The topological polar surface area (TPSA) is 77.2 Å². The van der Waals surface area contributed by atoms with Gasteiger partial charge in [-0.15, -0.1) is 22.7 Å². The van der Waals surface area contributed by atoms with Crippen LogP contribution in [0, 0.1) is 0 Å². The fourth-order valence-corrected chi connectivity index (χ4v) is 5.84. The summed E-state index contributed by atoms with van der Waals surface area (Å²) in [5.74, 6) is -0.371. The zero-order chi connectivity index (χ0) is 22.6. The van der Waals surface area contributed by atoms with Gasteiger partial charge in [0, 0.05) is 54.6 Å². The van der Waals surface area contributed by atoms with Crippen molar-refractivity contribution in [2.24, 2.45) is 0 Å². The number of nitrogens with one attached hydrogen (secondary N) is 3. The van der Waals surface area contributed by atoms with Gasteiger partial charge in [0.15, 0.2) is 0 Å². The number of thiophene rings is 2. The molecule has 0 saturated heterocycles. The lowest BCUT2D eigenvalue weighted by atomic mass is 10.0. The number of rotatable bonds is 8. The van der Waals surface area contributed by atoms with Crippen LogP contribution in [0.3, 0.4) is 0 Å². The Morgan fingerprint density at radius 3 is 2.88 bits per heavy atom. The number of amides is 2. The van der Waals surface area contributed by atoms with Crippen molar-refractivity contribution in [1.82, 2.24) is 20.5 Å². The minimum atomic E-state index is -0.649. The molecular weight excluding hydrogens is 452 g/mol. The maximum atomic E-state index is 13.2. The molecule has 0 spiro atoms. The number of H-pyrrole nitrogens is 1. The smallest absolute Gasteiger partial charge is 0.262 e. The van der Waals surface area contributed by atoms with Crippen molar-refractivity contribution in [3.05, 3.63) is 80.3 Å². The molecule has 4 aromatic rings. The van der Waals surface area contributed by atoms with Gasteiger partial charge in [-0.1, -0.05) is 24.3 Å². The highest BCUT2D eigenvalue weighted by molar-refractivity contribution is 7.12. The summed E-state index contributed by atoms with van der Waals surface area (Å²) in [5.41, 5.74) is 3.44. The zero-order valence-corrected chi connectivity index (χ0v) is 19.8. The van der Waals surface area contributed by atoms with Gasteiger partial charge in [0.25, 0.3) is 5.91 Å². The highest BCUT2D eigenvalue weighted by atomic mass is 32.1. The van der Waals surface area contributed by atoms with Gasteiger partial charge < -0.3 is 15.6 Å². The third kappa shape index (κ3) is 5.03. The van der Waals surface area contributed by atoms with Crippen LogP contribution in [-0.2, 0) is 24.2 Å². The first kappa shape index (κ1) is 21.9. The summed E-state index contributed by atoms with van der Waals surface area (Å²) in [6.07, 6.45) is 3.42. The lowest BCUT2D eigenvalue weighted by molar-refractivity contribution is -0.123. The van der Waals surface area contributed by atoms with E-state index in [9.17, 15) is 9.59 Å². The molecule has 1 aromatic carbocycles. The van der Waals surface area contributed by atoms with Gasteiger partial charge in [0.1, 0.15) is 6.04 Å². The molecule has 3 N–H and O–H groups in total. The van der Waals surface area contributed by atoms with Crippen molar-refractivity contribution >= 4 is 45.4 Å². The molecule has 6 nitrogen and oxygen atoms in total. The second-order valence-corrected chi connectivity index (χ2v) is 10.2. The Morgan fingerprint density at radius 2 is 2.00 bits per heavy atom. The quantitative estimate of drug-likeness (QED) is 0.360. The number of aromatic nitrogens is 1. The molecule has 33 heavy (non-hydrogen) atoms. The number of nitrogens with zero attached hydrogens (tertiary/aromatic N) is 1. The first-order valence-corrected chi connectivity index (χ1v) is 12.9. The second-order valence-electron chi connectivity index (χ2n) is 8.25. The molecule has 1 unspecified atom stereocenters. The molecule has 0 bridgehead atoms. The molecule has 170 valence electrons. The van der Waals surface area contributed by atoms with Crippen LogP contribution in [0.5, 0.6) is 0 Å². The first-order valence-electron chi connectivity index (χ1n) is 11.1. The van der Waals surface area contributed by atoms with Gasteiger partial charge in [-0.05, 0) is 46.5 Å². The summed E-state index contributed by atoms with van der Waals surface area (Å²) in [4.78, 5) is 33.6. The van der Waals surface area contributed by atoms with E-state index < -0.39 is 6.04 Å². The summed E-state index contributed by atoms with van der Waals surface area (Å²) in [5, 5.41) is 11.1. The van der Waals surface area contributed by atoms with Crippen LogP contribution in [0.1, 0.15) is 25.7 Å². The van der Waals surface area contributed by atoms with E-state index >= 15 is 0 Å². The van der Waals surface area contributed by atoms with Gasteiger partial charge in [0.05, 0.1) is 4.88 Å². The normalized spacial score (nSPS) is 14.7. The number of hydrogen-bond acceptors (Lipinski definition) is 5. The van der Waals surface area contributed by atoms with Crippen molar-refractivity contribution in [3.8, 4) is 0 Å². The number of benzene rings is 1. The molecule has 0 fully saturated rings. The van der Waals surface area contributed by atoms with E-state index in [-0.39, 0.29) is 11.8 Å². The van der Waals surface area contributed by atoms with E-state index in [2.05, 4.69) is 32.0 Å². The number of carbonyl (C=O) groups excluding carboxylic acids is 2. The van der Waals surface area contributed by atoms with Crippen molar-refractivity contribution < 1.29 is 9.59 Å². The lowest BCUT2D eigenvalue weighted by Crippen LogP contribution is -2.49. The molecule has 0 aliphatic carbocycles. The number of carbonyl (C=O) groups is 2. The predicted molar refractivity (Wildman–Crippen MR) is 134 cm³/mol. The highest BCUT2D eigenvalue weighted by Gasteiger charge is 2.24. The third-order valence-corrected chi connectivity index (χ3v) is 7.97. The average molecular weight is 479 g/mol. The summed E-state index contributed by atoms with van der Waals surface area (Å²) in [6, 6.07) is 13.2. The third-order valence-electron chi connectivity index (χ3n) is 6.08. The van der Waals surface area contributed by atoms with E-state index in [1.54, 1.807) is 6.07 Å². The van der Waals surface area contributed by atoms with Crippen LogP contribution in [0.2, 0.25) is 0 Å². The van der Waals surface area contributed by atoms with Crippen LogP contribution < -0.4 is 10.6 Å². The van der Waals surface area contributed by atoms with Gasteiger partial charge in [-0.25, -0.2) is 0 Å². The Labute approximate surface area is 200 Å². The van der Waals surface area contributed by atoms with Crippen LogP contribution in [-0.4, -0.2) is 47.4 Å². The van der Waals surface area contributed by atoms with Crippen molar-refractivity contribution in [2.45, 2.75) is 25.4 Å². The molecule has 0 saturated carbocycles. The molecule has 4 heterocycles. The van der Waals surface area contributed by atoms with Gasteiger partial charge in [-0.2, -0.15) is 0 Å². The van der Waals surface area contributed by atoms with Crippen LogP contribution in [0.25, 0.3) is 10.9 Å². The largest absolute Gasteiger partial charge is 0.361 e. The van der Waals surface area contributed by atoms with E-state index in [1.807, 2.05) is 53.2 Å². The fourth-order valence-electron chi connectivity index (χ4n) is 4.32. The molecule has 1 aliphatic rings. The summed E-state index contributed by atoms with van der Waals surface area (Å²) >= 11 is 3.20. The molecule has 1 aliphatic heterocycles. The molecule has 1 atom stereocenters. The van der Waals surface area contributed by atoms with Crippen LogP contribution in [0.4, 0.5) is 0 Å².